The van der Waals surface area contributed by atoms with Crippen LogP contribution in [0.25, 0.3) is 5.82 Å². The zero-order valence-corrected chi connectivity index (χ0v) is 11.0. The number of nitrogens with zero attached hydrogens (tertiary/aromatic N) is 5. The molecule has 0 radical (unpaired) electrons. The summed E-state index contributed by atoms with van der Waals surface area (Å²) in [5.41, 5.74) is 6.61. The normalized spacial score (nSPS) is 10.9. The summed E-state index contributed by atoms with van der Waals surface area (Å²) >= 11 is 0. The Morgan fingerprint density at radius 3 is 2.61 bits per heavy atom. The lowest BCUT2D eigenvalue weighted by Crippen LogP contribution is -2.12. The number of aryl methyl sites for hydroxylation is 3. The highest BCUT2D eigenvalue weighted by Crippen LogP contribution is 2.13. The first-order valence-electron chi connectivity index (χ1n) is 6.17. The molecule has 18 heavy (non-hydrogen) atoms. The number of hydrogen-bond donors (Lipinski definition) is 1. The van der Waals surface area contributed by atoms with Crippen molar-refractivity contribution in [2.75, 3.05) is 0 Å². The van der Waals surface area contributed by atoms with Crippen LogP contribution in [-0.2, 0) is 19.4 Å². The molecule has 2 heterocycles. The van der Waals surface area contributed by atoms with E-state index in [-0.39, 0.29) is 0 Å². The van der Waals surface area contributed by atoms with E-state index in [1.807, 2.05) is 13.8 Å². The van der Waals surface area contributed by atoms with Gasteiger partial charge in [0.15, 0.2) is 11.6 Å². The molecule has 96 valence electrons. The number of rotatable bonds is 4. The van der Waals surface area contributed by atoms with E-state index < -0.39 is 0 Å². The van der Waals surface area contributed by atoms with Crippen molar-refractivity contribution in [1.29, 1.82) is 0 Å². The molecular weight excluding hydrogens is 228 g/mol. The SMILES string of the molecule is CCc1nc(CC)n(-c2nc(C)ncc2CN)n1. The summed E-state index contributed by atoms with van der Waals surface area (Å²) in [6.45, 7) is 6.33. The Hall–Kier alpha value is -1.82. The van der Waals surface area contributed by atoms with Gasteiger partial charge in [-0.2, -0.15) is 4.68 Å². The van der Waals surface area contributed by atoms with Gasteiger partial charge in [-0.15, -0.1) is 5.10 Å². The van der Waals surface area contributed by atoms with Crippen LogP contribution in [0, 0.1) is 6.92 Å². The first-order valence-corrected chi connectivity index (χ1v) is 6.17. The van der Waals surface area contributed by atoms with Crippen molar-refractivity contribution in [3.05, 3.63) is 29.2 Å². The minimum atomic E-state index is 0.389. The summed E-state index contributed by atoms with van der Waals surface area (Å²) in [4.78, 5) is 13.1. The monoisotopic (exact) mass is 246 g/mol. The van der Waals surface area contributed by atoms with Gasteiger partial charge in [0.25, 0.3) is 0 Å². The van der Waals surface area contributed by atoms with Crippen molar-refractivity contribution in [3.8, 4) is 5.82 Å². The number of nitrogens with two attached hydrogens (primary N) is 1. The molecule has 0 aliphatic carbocycles. The molecule has 0 aromatic carbocycles. The minimum Gasteiger partial charge on any atom is -0.326 e. The van der Waals surface area contributed by atoms with Crippen LogP contribution in [0.4, 0.5) is 0 Å². The maximum Gasteiger partial charge on any atom is 0.163 e. The van der Waals surface area contributed by atoms with Gasteiger partial charge in [0.05, 0.1) is 0 Å². The number of aromatic nitrogens is 5. The zero-order chi connectivity index (χ0) is 13.1. The average Bonchev–Trinajstić information content (AvgIpc) is 2.81. The maximum absolute atomic E-state index is 5.73. The van der Waals surface area contributed by atoms with Crippen molar-refractivity contribution < 1.29 is 0 Å². The van der Waals surface area contributed by atoms with Crippen LogP contribution in [0.1, 0.15) is 36.9 Å². The molecule has 2 rings (SSSR count). The van der Waals surface area contributed by atoms with E-state index in [9.17, 15) is 0 Å². The van der Waals surface area contributed by atoms with Crippen molar-refractivity contribution in [3.63, 3.8) is 0 Å². The van der Waals surface area contributed by atoms with Crippen molar-refractivity contribution in [2.45, 2.75) is 40.2 Å². The molecule has 2 aromatic heterocycles. The van der Waals surface area contributed by atoms with E-state index in [0.29, 0.717) is 12.4 Å². The van der Waals surface area contributed by atoms with Gasteiger partial charge in [0.2, 0.25) is 0 Å². The molecule has 6 nitrogen and oxygen atoms in total. The third-order valence-corrected chi connectivity index (χ3v) is 2.73. The second-order valence-corrected chi connectivity index (χ2v) is 4.03. The molecule has 0 saturated heterocycles. The maximum atomic E-state index is 5.73. The Morgan fingerprint density at radius 1 is 1.22 bits per heavy atom. The van der Waals surface area contributed by atoms with Crippen LogP contribution in [0.5, 0.6) is 0 Å². The zero-order valence-electron chi connectivity index (χ0n) is 11.0. The highest BCUT2D eigenvalue weighted by molar-refractivity contribution is 5.32. The van der Waals surface area contributed by atoms with Crippen LogP contribution in [-0.4, -0.2) is 24.7 Å². The third kappa shape index (κ3) is 2.24. The second kappa shape index (κ2) is 5.22. The molecule has 2 aromatic rings. The minimum absolute atomic E-state index is 0.389. The predicted octanol–water partition coefficient (Wildman–Crippen LogP) is 0.949. The van der Waals surface area contributed by atoms with Crippen molar-refractivity contribution in [1.82, 2.24) is 24.7 Å². The van der Waals surface area contributed by atoms with Crippen molar-refractivity contribution in [2.24, 2.45) is 5.73 Å². The number of hydrogen-bond acceptors (Lipinski definition) is 5. The fourth-order valence-electron chi connectivity index (χ4n) is 1.75. The lowest BCUT2D eigenvalue weighted by molar-refractivity contribution is 0.744. The average molecular weight is 246 g/mol. The molecule has 6 heteroatoms. The summed E-state index contributed by atoms with van der Waals surface area (Å²) in [6.07, 6.45) is 3.37. The lowest BCUT2D eigenvalue weighted by Gasteiger charge is -2.08. The van der Waals surface area contributed by atoms with E-state index in [1.54, 1.807) is 10.9 Å². The van der Waals surface area contributed by atoms with Gasteiger partial charge >= 0.3 is 0 Å². The molecule has 2 N–H and O–H groups in total. The Balaban J connectivity index is 2.59. The molecule has 0 spiro atoms. The Labute approximate surface area is 106 Å². The van der Waals surface area contributed by atoms with Gasteiger partial charge in [0.1, 0.15) is 11.6 Å². The van der Waals surface area contributed by atoms with Gasteiger partial charge in [-0.25, -0.2) is 15.0 Å². The van der Waals surface area contributed by atoms with E-state index in [1.165, 1.54) is 0 Å². The Morgan fingerprint density at radius 2 is 2.00 bits per heavy atom. The van der Waals surface area contributed by atoms with Crippen LogP contribution in [0.2, 0.25) is 0 Å². The van der Waals surface area contributed by atoms with Crippen LogP contribution in [0.3, 0.4) is 0 Å². The second-order valence-electron chi connectivity index (χ2n) is 4.03. The molecule has 0 bridgehead atoms. The largest absolute Gasteiger partial charge is 0.326 e. The third-order valence-electron chi connectivity index (χ3n) is 2.73. The molecule has 0 saturated carbocycles. The summed E-state index contributed by atoms with van der Waals surface area (Å²) in [6, 6.07) is 0. The van der Waals surface area contributed by atoms with Crippen LogP contribution < -0.4 is 5.73 Å². The smallest absolute Gasteiger partial charge is 0.163 e. The van der Waals surface area contributed by atoms with Crippen LogP contribution in [0.15, 0.2) is 6.20 Å². The predicted molar refractivity (Wildman–Crippen MR) is 68.3 cm³/mol. The molecule has 0 amide bonds. The molecule has 0 atom stereocenters. The quantitative estimate of drug-likeness (QED) is 0.868. The Bertz CT molecular complexity index is 545. The molecule has 0 aliphatic rings. The topological polar surface area (TPSA) is 82.5 Å². The fraction of sp³-hybridized carbons (Fsp3) is 0.500. The molecule has 0 fully saturated rings. The molecule has 0 unspecified atom stereocenters. The van der Waals surface area contributed by atoms with E-state index in [4.69, 9.17) is 5.73 Å². The summed E-state index contributed by atoms with van der Waals surface area (Å²) < 4.78 is 1.79. The first-order chi connectivity index (χ1) is 8.69. The van der Waals surface area contributed by atoms with Gasteiger partial charge in [-0.3, -0.25) is 0 Å². The van der Waals surface area contributed by atoms with Gasteiger partial charge in [0, 0.05) is 31.1 Å². The summed E-state index contributed by atoms with van der Waals surface area (Å²) in [5, 5.41) is 4.48. The van der Waals surface area contributed by atoms with E-state index >= 15 is 0 Å². The Kier molecular flexibility index (Phi) is 3.66. The highest BCUT2D eigenvalue weighted by atomic mass is 15.4. The standard InChI is InChI=1S/C12H18N6/c1-4-10-16-11(5-2)18(17-10)12-9(6-13)7-14-8(3)15-12/h7H,4-6,13H2,1-3H3. The molecular formula is C12H18N6. The van der Waals surface area contributed by atoms with Gasteiger partial charge in [-0.05, 0) is 6.92 Å². The molecule has 0 aliphatic heterocycles. The van der Waals surface area contributed by atoms with Crippen molar-refractivity contribution >= 4 is 0 Å². The van der Waals surface area contributed by atoms with Gasteiger partial charge in [-0.1, -0.05) is 13.8 Å². The van der Waals surface area contributed by atoms with Crippen LogP contribution >= 0.6 is 0 Å². The summed E-state index contributed by atoms with van der Waals surface area (Å²) in [5.74, 6) is 3.18. The fourth-order valence-corrected chi connectivity index (χ4v) is 1.75. The highest BCUT2D eigenvalue weighted by Gasteiger charge is 2.14. The van der Waals surface area contributed by atoms with Gasteiger partial charge < -0.3 is 5.73 Å². The van der Waals surface area contributed by atoms with E-state index in [0.717, 1.165) is 35.9 Å². The first kappa shape index (κ1) is 12.6. The lowest BCUT2D eigenvalue weighted by atomic mass is 10.3. The summed E-state index contributed by atoms with van der Waals surface area (Å²) in [7, 11) is 0. The van der Waals surface area contributed by atoms with E-state index in [2.05, 4.69) is 27.0 Å².